The van der Waals surface area contributed by atoms with Gasteiger partial charge in [-0.1, -0.05) is 25.8 Å². The van der Waals surface area contributed by atoms with Crippen LogP contribution in [0.5, 0.6) is 0 Å². The first-order chi connectivity index (χ1) is 7.45. The van der Waals surface area contributed by atoms with E-state index in [1.807, 2.05) is 18.2 Å². The van der Waals surface area contributed by atoms with E-state index in [0.717, 1.165) is 13.1 Å². The highest BCUT2D eigenvalue weighted by atomic mass is 32.2. The minimum atomic E-state index is -4.09. The molecular formula is C9H20NO4PS. The van der Waals surface area contributed by atoms with Crippen molar-refractivity contribution >= 4 is 19.5 Å². The van der Waals surface area contributed by atoms with Gasteiger partial charge in [0.25, 0.3) is 0 Å². The molecule has 1 rings (SSSR count). The van der Waals surface area contributed by atoms with Crippen molar-refractivity contribution in [2.24, 2.45) is 0 Å². The van der Waals surface area contributed by atoms with Crippen molar-refractivity contribution < 1.29 is 19.1 Å². The van der Waals surface area contributed by atoms with E-state index in [0.29, 0.717) is 26.1 Å². The summed E-state index contributed by atoms with van der Waals surface area (Å²) in [5.74, 6) is 0. The molecule has 16 heavy (non-hydrogen) atoms. The largest absolute Gasteiger partial charge is 0.379 e. The minimum Gasteiger partial charge on any atom is -0.379 e. The second-order valence-electron chi connectivity index (χ2n) is 3.83. The normalized spacial score (nSPS) is 20.0. The van der Waals surface area contributed by atoms with E-state index in [2.05, 4.69) is 0 Å². The molecule has 0 atom stereocenters. The lowest BCUT2D eigenvalue weighted by Gasteiger charge is -2.37. The summed E-state index contributed by atoms with van der Waals surface area (Å²) in [7, 11) is -4.09. The first-order valence-corrected chi connectivity index (χ1v) is 7.91. The molecule has 1 fully saturated rings. The Hall–Kier alpha value is 0.420. The van der Waals surface area contributed by atoms with Crippen LogP contribution in [0.25, 0.3) is 0 Å². The Balaban J connectivity index is 2.73. The van der Waals surface area contributed by atoms with Gasteiger partial charge in [0.15, 0.2) is 0 Å². The second kappa shape index (κ2) is 5.85. The van der Waals surface area contributed by atoms with Gasteiger partial charge in [0, 0.05) is 13.1 Å². The molecule has 5 nitrogen and oxygen atoms in total. The van der Waals surface area contributed by atoms with Crippen molar-refractivity contribution in [1.82, 2.24) is 4.31 Å². The van der Waals surface area contributed by atoms with Crippen LogP contribution in [0.1, 0.15) is 26.7 Å². The standard InChI is InChI=1S/C9H20NO4PS/c1-3-9(4-2,15(11,12)13)16-10-5-7-14-8-6-10/h3-8H2,1-2H3,(H2,11,12,13). The van der Waals surface area contributed by atoms with Crippen LogP contribution in [0.2, 0.25) is 0 Å². The molecule has 0 radical (unpaired) electrons. The summed E-state index contributed by atoms with van der Waals surface area (Å²) in [6.45, 7) is 6.39. The van der Waals surface area contributed by atoms with Crippen LogP contribution >= 0.6 is 19.5 Å². The molecule has 1 aliphatic rings. The SMILES string of the molecule is CCC(CC)(SN1CCOCC1)P(=O)(O)O. The Kier molecular flexibility index (Phi) is 5.29. The monoisotopic (exact) mass is 269 g/mol. The third-order valence-electron chi connectivity index (χ3n) is 2.90. The van der Waals surface area contributed by atoms with E-state index in [1.165, 1.54) is 11.9 Å². The third kappa shape index (κ3) is 3.22. The average molecular weight is 269 g/mol. The zero-order chi connectivity index (χ0) is 12.2. The Bertz CT molecular complexity index is 260. The molecule has 0 saturated carbocycles. The van der Waals surface area contributed by atoms with Crippen LogP contribution in [0.3, 0.4) is 0 Å². The maximum absolute atomic E-state index is 11.6. The minimum absolute atomic E-state index is 0.468. The molecule has 0 aromatic carbocycles. The number of hydrogen-bond donors (Lipinski definition) is 2. The van der Waals surface area contributed by atoms with E-state index < -0.39 is 12.1 Å². The van der Waals surface area contributed by atoms with Crippen LogP contribution in [-0.4, -0.2) is 44.9 Å². The molecule has 0 spiro atoms. The van der Waals surface area contributed by atoms with E-state index in [9.17, 15) is 14.4 Å². The maximum Gasteiger partial charge on any atom is 0.342 e. The zero-order valence-corrected chi connectivity index (χ0v) is 11.5. The molecule has 0 aliphatic carbocycles. The Morgan fingerprint density at radius 1 is 1.31 bits per heavy atom. The molecule has 96 valence electrons. The van der Waals surface area contributed by atoms with Crippen molar-refractivity contribution in [3.8, 4) is 0 Å². The van der Waals surface area contributed by atoms with Gasteiger partial charge in [0.05, 0.1) is 13.2 Å². The Morgan fingerprint density at radius 2 is 1.81 bits per heavy atom. The van der Waals surface area contributed by atoms with Gasteiger partial charge < -0.3 is 14.5 Å². The van der Waals surface area contributed by atoms with Crippen molar-refractivity contribution in [1.29, 1.82) is 0 Å². The van der Waals surface area contributed by atoms with Crippen molar-refractivity contribution in [2.45, 2.75) is 31.2 Å². The number of hydrogen-bond acceptors (Lipinski definition) is 4. The molecule has 1 heterocycles. The van der Waals surface area contributed by atoms with E-state index in [-0.39, 0.29) is 0 Å². The summed E-state index contributed by atoms with van der Waals surface area (Å²) in [6.07, 6.45) is 0.936. The Labute approximate surface area is 101 Å². The smallest absolute Gasteiger partial charge is 0.342 e. The molecule has 0 aromatic rings. The van der Waals surface area contributed by atoms with Gasteiger partial charge in [0.2, 0.25) is 0 Å². The van der Waals surface area contributed by atoms with Crippen LogP contribution in [0, 0.1) is 0 Å². The number of nitrogens with zero attached hydrogens (tertiary/aromatic N) is 1. The molecule has 0 amide bonds. The fraction of sp³-hybridized carbons (Fsp3) is 1.00. The van der Waals surface area contributed by atoms with Gasteiger partial charge in [-0.15, -0.1) is 0 Å². The van der Waals surface area contributed by atoms with Crippen molar-refractivity contribution in [3.63, 3.8) is 0 Å². The average Bonchev–Trinajstić information content (AvgIpc) is 2.25. The number of morpholine rings is 1. The second-order valence-corrected chi connectivity index (χ2v) is 7.56. The van der Waals surface area contributed by atoms with Crippen molar-refractivity contribution in [3.05, 3.63) is 0 Å². The molecule has 0 bridgehead atoms. The van der Waals surface area contributed by atoms with Gasteiger partial charge in [-0.3, -0.25) is 4.57 Å². The van der Waals surface area contributed by atoms with Crippen LogP contribution < -0.4 is 0 Å². The lowest BCUT2D eigenvalue weighted by molar-refractivity contribution is 0.0768. The molecular weight excluding hydrogens is 249 g/mol. The highest BCUT2D eigenvalue weighted by Crippen LogP contribution is 2.61. The summed E-state index contributed by atoms with van der Waals surface area (Å²) >= 11 is 1.31. The number of ether oxygens (including phenoxy) is 1. The predicted molar refractivity (Wildman–Crippen MR) is 65.3 cm³/mol. The van der Waals surface area contributed by atoms with Crippen LogP contribution in [0.4, 0.5) is 0 Å². The Morgan fingerprint density at radius 3 is 2.19 bits per heavy atom. The highest BCUT2D eigenvalue weighted by molar-refractivity contribution is 8.04. The zero-order valence-electron chi connectivity index (χ0n) is 9.76. The summed E-state index contributed by atoms with van der Waals surface area (Å²) in [6, 6.07) is 0. The van der Waals surface area contributed by atoms with E-state index in [1.54, 1.807) is 0 Å². The van der Waals surface area contributed by atoms with Crippen LogP contribution in [0.15, 0.2) is 0 Å². The summed E-state index contributed by atoms with van der Waals surface area (Å²) < 4.78 is 17.9. The molecule has 0 unspecified atom stereocenters. The maximum atomic E-state index is 11.6. The van der Waals surface area contributed by atoms with Gasteiger partial charge in [-0.25, -0.2) is 4.31 Å². The van der Waals surface area contributed by atoms with E-state index in [4.69, 9.17) is 4.74 Å². The fourth-order valence-electron chi connectivity index (χ4n) is 1.72. The quantitative estimate of drug-likeness (QED) is 0.584. The lowest BCUT2D eigenvalue weighted by Crippen LogP contribution is -2.37. The molecule has 2 N–H and O–H groups in total. The number of rotatable bonds is 5. The first kappa shape index (κ1) is 14.5. The molecule has 7 heteroatoms. The van der Waals surface area contributed by atoms with Gasteiger partial charge >= 0.3 is 7.60 Å². The predicted octanol–water partition coefficient (Wildman–Crippen LogP) is 1.66. The van der Waals surface area contributed by atoms with E-state index >= 15 is 0 Å². The van der Waals surface area contributed by atoms with Gasteiger partial charge in [-0.2, -0.15) is 0 Å². The topological polar surface area (TPSA) is 70.0 Å². The third-order valence-corrected chi connectivity index (χ3v) is 7.10. The summed E-state index contributed by atoms with van der Waals surface area (Å²) in [4.78, 5) is 19.0. The van der Waals surface area contributed by atoms with Crippen molar-refractivity contribution in [2.75, 3.05) is 26.3 Å². The van der Waals surface area contributed by atoms with Crippen LogP contribution in [-0.2, 0) is 9.30 Å². The highest BCUT2D eigenvalue weighted by Gasteiger charge is 2.46. The van der Waals surface area contributed by atoms with Gasteiger partial charge in [-0.05, 0) is 12.8 Å². The summed E-state index contributed by atoms with van der Waals surface area (Å²) in [5, 5.41) is 0. The lowest BCUT2D eigenvalue weighted by atomic mass is 10.2. The molecule has 0 aromatic heterocycles. The fourth-order valence-corrected chi connectivity index (χ4v) is 4.39. The summed E-state index contributed by atoms with van der Waals surface area (Å²) in [5.41, 5.74) is 0. The first-order valence-electron chi connectivity index (χ1n) is 5.52. The van der Waals surface area contributed by atoms with Gasteiger partial charge in [0.1, 0.15) is 4.49 Å². The molecule has 1 aliphatic heterocycles. The molecule has 1 saturated heterocycles.